The van der Waals surface area contributed by atoms with Gasteiger partial charge < -0.3 is 4.90 Å². The second-order valence-electron chi connectivity index (χ2n) is 9.73. The second kappa shape index (κ2) is 9.58. The molecule has 0 aromatic heterocycles. The van der Waals surface area contributed by atoms with E-state index in [1.165, 1.54) is 38.9 Å². The molecular formula is C28H35N3S. The van der Waals surface area contributed by atoms with Gasteiger partial charge in [0.25, 0.3) is 0 Å². The third kappa shape index (κ3) is 4.96. The molecule has 32 heavy (non-hydrogen) atoms. The minimum Gasteiger partial charge on any atom is -0.372 e. The molecule has 1 heterocycles. The van der Waals surface area contributed by atoms with Gasteiger partial charge in [0.2, 0.25) is 0 Å². The first kappa shape index (κ1) is 22.7. The van der Waals surface area contributed by atoms with E-state index in [0.29, 0.717) is 5.41 Å². The summed E-state index contributed by atoms with van der Waals surface area (Å²) in [6, 6.07) is 17.5. The van der Waals surface area contributed by atoms with Crippen molar-refractivity contribution in [1.82, 2.24) is 4.98 Å². The summed E-state index contributed by atoms with van der Waals surface area (Å²) in [6.45, 7) is 14.2. The van der Waals surface area contributed by atoms with Gasteiger partial charge in [-0.2, -0.15) is 0 Å². The van der Waals surface area contributed by atoms with Crippen molar-refractivity contribution in [2.45, 2.75) is 53.9 Å². The molecule has 0 saturated heterocycles. The van der Waals surface area contributed by atoms with Crippen LogP contribution in [0.1, 0.15) is 53.9 Å². The first-order chi connectivity index (χ1) is 15.4. The van der Waals surface area contributed by atoms with E-state index < -0.39 is 0 Å². The molecular weight excluding hydrogens is 410 g/mol. The van der Waals surface area contributed by atoms with Gasteiger partial charge in [-0.05, 0) is 56.4 Å². The number of hydrogen-bond donors (Lipinski definition) is 0. The van der Waals surface area contributed by atoms with E-state index >= 15 is 0 Å². The van der Waals surface area contributed by atoms with Crippen LogP contribution in [0.2, 0.25) is 0 Å². The number of anilines is 1. The van der Waals surface area contributed by atoms with Crippen LogP contribution in [0.15, 0.2) is 53.5 Å². The molecule has 1 aliphatic carbocycles. The second-order valence-corrected chi connectivity index (χ2v) is 10.8. The van der Waals surface area contributed by atoms with Crippen LogP contribution in [-0.2, 0) is 0 Å². The molecule has 0 atom stereocenters. The fourth-order valence-corrected chi connectivity index (χ4v) is 5.37. The van der Waals surface area contributed by atoms with Gasteiger partial charge in [-0.25, -0.2) is 4.98 Å². The van der Waals surface area contributed by atoms with Crippen molar-refractivity contribution in [2.75, 3.05) is 24.5 Å². The van der Waals surface area contributed by atoms with Gasteiger partial charge in [-0.1, -0.05) is 51.5 Å². The first-order valence-corrected chi connectivity index (χ1v) is 12.7. The fraction of sp³-hybridized carbons (Fsp3) is 0.429. The molecule has 1 aliphatic heterocycles. The van der Waals surface area contributed by atoms with Crippen LogP contribution in [0.4, 0.5) is 5.69 Å². The Morgan fingerprint density at radius 3 is 2.41 bits per heavy atom. The summed E-state index contributed by atoms with van der Waals surface area (Å²) in [5, 5.41) is 3.50. The van der Waals surface area contributed by atoms with Gasteiger partial charge in [-0.15, -0.1) is 11.3 Å². The Balaban J connectivity index is 1.77. The van der Waals surface area contributed by atoms with Crippen molar-refractivity contribution in [2.24, 2.45) is 10.4 Å². The van der Waals surface area contributed by atoms with Crippen molar-refractivity contribution in [3.63, 3.8) is 0 Å². The van der Waals surface area contributed by atoms with Gasteiger partial charge in [0.1, 0.15) is 0 Å². The van der Waals surface area contributed by atoms with E-state index in [4.69, 9.17) is 9.98 Å². The normalized spacial score (nSPS) is 12.8. The highest BCUT2D eigenvalue weighted by Crippen LogP contribution is 2.35. The number of unbranched alkanes of at least 4 members (excludes halogenated alkanes) is 1. The number of rotatable bonds is 7. The molecule has 2 aromatic rings. The number of nitrogens with zero attached hydrogens (tertiary/aromatic N) is 3. The smallest absolute Gasteiger partial charge is 0.0889 e. The van der Waals surface area contributed by atoms with Crippen LogP contribution >= 0.6 is 11.3 Å². The third-order valence-electron chi connectivity index (χ3n) is 6.10. The van der Waals surface area contributed by atoms with Crippen molar-refractivity contribution in [3.05, 3.63) is 53.9 Å². The molecule has 0 amide bonds. The van der Waals surface area contributed by atoms with Gasteiger partial charge in [0.15, 0.2) is 0 Å². The first-order valence-electron chi connectivity index (χ1n) is 11.9. The maximum atomic E-state index is 5.09. The molecule has 168 valence electrons. The molecule has 4 heteroatoms. The Labute approximate surface area is 196 Å². The summed E-state index contributed by atoms with van der Waals surface area (Å²) in [5.74, 6) is 0. The monoisotopic (exact) mass is 445 g/mol. The zero-order chi connectivity index (χ0) is 22.7. The molecule has 0 unspecified atom stereocenters. The van der Waals surface area contributed by atoms with Gasteiger partial charge in [0.05, 0.1) is 26.1 Å². The summed E-state index contributed by atoms with van der Waals surface area (Å²) < 4.78 is 1.23. The van der Waals surface area contributed by atoms with Crippen molar-refractivity contribution >= 4 is 38.0 Å². The minimum atomic E-state index is 0.397. The lowest BCUT2D eigenvalue weighted by molar-refractivity contribution is 0.361. The van der Waals surface area contributed by atoms with Crippen LogP contribution in [-0.4, -0.2) is 24.6 Å². The predicted octanol–water partition coefficient (Wildman–Crippen LogP) is 7.52. The van der Waals surface area contributed by atoms with Crippen LogP contribution in [0.25, 0.3) is 31.6 Å². The molecule has 3 nitrogen and oxygen atoms in total. The van der Waals surface area contributed by atoms with Crippen LogP contribution < -0.4 is 10.3 Å². The SMILES string of the molecule is CCN(CC)c1ccc2nc3c4ccccc4c(=NCCCCC(C)(C)C)cc-3sc2c1. The highest BCUT2D eigenvalue weighted by atomic mass is 32.1. The lowest BCUT2D eigenvalue weighted by Gasteiger charge is -2.21. The Morgan fingerprint density at radius 1 is 0.938 bits per heavy atom. The van der Waals surface area contributed by atoms with Crippen LogP contribution in [0.3, 0.4) is 0 Å². The Bertz CT molecular complexity index is 1250. The van der Waals surface area contributed by atoms with E-state index in [9.17, 15) is 0 Å². The minimum absolute atomic E-state index is 0.397. The zero-order valence-electron chi connectivity index (χ0n) is 20.1. The zero-order valence-corrected chi connectivity index (χ0v) is 20.9. The van der Waals surface area contributed by atoms with E-state index in [1.54, 1.807) is 0 Å². The van der Waals surface area contributed by atoms with Gasteiger partial charge >= 0.3 is 0 Å². The molecule has 0 fully saturated rings. The van der Waals surface area contributed by atoms with Crippen molar-refractivity contribution < 1.29 is 0 Å². The molecule has 0 radical (unpaired) electrons. The Kier molecular flexibility index (Phi) is 6.80. The standard InChI is InChI=1S/C28H35N3S/c1-6-31(7-2)20-14-15-23-25(18-20)32-26-19-24(29-17-11-10-16-28(3,4)5)21-12-8-9-13-22(21)27(26)30-23/h8-9,12-15,18-19H,6-7,10-11,16-17H2,1-5H3. The highest BCUT2D eigenvalue weighted by molar-refractivity contribution is 7.21. The van der Waals surface area contributed by atoms with Crippen LogP contribution in [0, 0.1) is 5.41 Å². The van der Waals surface area contributed by atoms with E-state index in [-0.39, 0.29) is 0 Å². The quantitative estimate of drug-likeness (QED) is 0.167. The number of fused-ring (bicyclic) bond motifs is 4. The molecule has 4 rings (SSSR count). The maximum absolute atomic E-state index is 5.09. The summed E-state index contributed by atoms with van der Waals surface area (Å²) in [6.07, 6.45) is 3.60. The Hall–Kier alpha value is -2.46. The molecule has 0 bridgehead atoms. The van der Waals surface area contributed by atoms with E-state index in [0.717, 1.165) is 42.6 Å². The third-order valence-corrected chi connectivity index (χ3v) is 7.18. The lowest BCUT2D eigenvalue weighted by atomic mass is 9.90. The summed E-state index contributed by atoms with van der Waals surface area (Å²) in [4.78, 5) is 13.7. The summed E-state index contributed by atoms with van der Waals surface area (Å²) >= 11 is 1.83. The average Bonchev–Trinajstić information content (AvgIpc) is 2.77. The molecule has 2 aliphatic rings. The molecule has 0 spiro atoms. The average molecular weight is 446 g/mol. The topological polar surface area (TPSA) is 28.5 Å². The lowest BCUT2D eigenvalue weighted by Crippen LogP contribution is -2.21. The number of benzene rings is 3. The fourth-order valence-electron chi connectivity index (χ4n) is 4.31. The summed E-state index contributed by atoms with van der Waals surface area (Å²) in [7, 11) is 0. The molecule has 0 N–H and O–H groups in total. The maximum Gasteiger partial charge on any atom is 0.0889 e. The van der Waals surface area contributed by atoms with Gasteiger partial charge in [0, 0.05) is 36.1 Å². The highest BCUT2D eigenvalue weighted by Gasteiger charge is 2.14. The molecule has 2 aromatic carbocycles. The van der Waals surface area contributed by atoms with Crippen molar-refractivity contribution in [1.29, 1.82) is 0 Å². The summed E-state index contributed by atoms with van der Waals surface area (Å²) in [5.41, 5.74) is 3.81. The largest absolute Gasteiger partial charge is 0.372 e. The van der Waals surface area contributed by atoms with E-state index in [1.807, 2.05) is 11.3 Å². The van der Waals surface area contributed by atoms with Crippen LogP contribution in [0.5, 0.6) is 0 Å². The van der Waals surface area contributed by atoms with E-state index in [2.05, 4.69) is 88.0 Å². The van der Waals surface area contributed by atoms with Crippen molar-refractivity contribution in [3.8, 4) is 10.6 Å². The van der Waals surface area contributed by atoms with Gasteiger partial charge in [-0.3, -0.25) is 4.99 Å². The predicted molar refractivity (Wildman–Crippen MR) is 141 cm³/mol. The number of aromatic nitrogens is 1. The molecule has 0 saturated carbocycles. The number of hydrogen-bond acceptors (Lipinski definition) is 4. The Morgan fingerprint density at radius 2 is 1.69 bits per heavy atom.